The molecule has 0 amide bonds. The van der Waals surface area contributed by atoms with E-state index in [0.29, 0.717) is 6.10 Å². The number of hydrogen-bond acceptors (Lipinski definition) is 5. The average Bonchev–Trinajstić information content (AvgIpc) is 2.91. The van der Waals surface area contributed by atoms with Crippen molar-refractivity contribution in [2.75, 3.05) is 19.6 Å². The molecular formula is C18H29N3OS. The first kappa shape index (κ1) is 15.9. The molecule has 2 aliphatic heterocycles. The van der Waals surface area contributed by atoms with E-state index in [1.807, 2.05) is 0 Å². The third-order valence-corrected chi connectivity index (χ3v) is 6.58. The zero-order valence-corrected chi connectivity index (χ0v) is 15.1. The lowest BCUT2D eigenvalue weighted by Crippen LogP contribution is -2.40. The van der Waals surface area contributed by atoms with Gasteiger partial charge in [-0.25, -0.2) is 4.98 Å². The highest BCUT2D eigenvalue weighted by Crippen LogP contribution is 2.34. The van der Waals surface area contributed by atoms with Gasteiger partial charge in [0, 0.05) is 30.6 Å². The molecule has 3 heterocycles. The highest BCUT2D eigenvalue weighted by atomic mass is 32.1. The van der Waals surface area contributed by atoms with Crippen LogP contribution in [0.1, 0.15) is 62.4 Å². The molecule has 1 saturated heterocycles. The van der Waals surface area contributed by atoms with Crippen molar-refractivity contribution in [3.05, 3.63) is 10.6 Å². The zero-order valence-electron chi connectivity index (χ0n) is 14.3. The van der Waals surface area contributed by atoms with Gasteiger partial charge in [-0.2, -0.15) is 0 Å². The van der Waals surface area contributed by atoms with Gasteiger partial charge in [0.25, 0.3) is 5.19 Å². The summed E-state index contributed by atoms with van der Waals surface area (Å²) in [5, 5.41) is 0.924. The van der Waals surface area contributed by atoms with Crippen LogP contribution in [0.2, 0.25) is 0 Å². The highest BCUT2D eigenvalue weighted by Gasteiger charge is 2.29. The number of likely N-dealkylation sites (tertiary alicyclic amines) is 1. The number of ether oxygens (including phenoxy) is 1. The molecule has 3 aliphatic rings. The van der Waals surface area contributed by atoms with Crippen molar-refractivity contribution in [3.8, 4) is 5.19 Å². The lowest BCUT2D eigenvalue weighted by molar-refractivity contribution is 0.123. The maximum Gasteiger partial charge on any atom is 0.274 e. The smallest absolute Gasteiger partial charge is 0.274 e. The van der Waals surface area contributed by atoms with E-state index in [-0.39, 0.29) is 0 Å². The Bertz CT molecular complexity index is 505. The van der Waals surface area contributed by atoms with Gasteiger partial charge in [0.15, 0.2) is 0 Å². The molecule has 2 fully saturated rings. The fourth-order valence-electron chi connectivity index (χ4n) is 4.07. The molecule has 0 N–H and O–H groups in total. The number of rotatable bonds is 5. The second-order valence-corrected chi connectivity index (χ2v) is 8.40. The van der Waals surface area contributed by atoms with Gasteiger partial charge in [0.05, 0.1) is 5.69 Å². The standard InChI is InChI=1S/C18H29N3OS/c1-2-9-20-12-16-17(13-20)23-18(19-16)22-15-7-4-10-21(11-8-15)14-5-3-6-14/h14-15H,2-13H2,1H3. The third kappa shape index (κ3) is 3.57. The summed E-state index contributed by atoms with van der Waals surface area (Å²) in [5.74, 6) is 0. The molecule has 1 atom stereocenters. The predicted octanol–water partition coefficient (Wildman–Crippen LogP) is 3.65. The summed E-state index contributed by atoms with van der Waals surface area (Å²) in [6, 6.07) is 0.877. The minimum absolute atomic E-state index is 0.373. The normalized spacial score (nSPS) is 26.7. The number of nitrogens with zero attached hydrogens (tertiary/aromatic N) is 3. The molecule has 0 spiro atoms. The van der Waals surface area contributed by atoms with Crippen LogP contribution in [0.15, 0.2) is 0 Å². The Labute approximate surface area is 143 Å². The molecule has 1 saturated carbocycles. The maximum absolute atomic E-state index is 6.27. The van der Waals surface area contributed by atoms with Gasteiger partial charge in [-0.15, -0.1) is 0 Å². The molecule has 1 aromatic rings. The van der Waals surface area contributed by atoms with Gasteiger partial charge >= 0.3 is 0 Å². The lowest BCUT2D eigenvalue weighted by Gasteiger charge is -2.36. The Kier molecular flexibility index (Phi) is 4.88. The molecule has 1 aromatic heterocycles. The summed E-state index contributed by atoms with van der Waals surface area (Å²) in [6.07, 6.45) is 9.49. The van der Waals surface area contributed by atoms with E-state index in [0.717, 1.165) is 24.3 Å². The van der Waals surface area contributed by atoms with Crippen molar-refractivity contribution >= 4 is 11.3 Å². The van der Waals surface area contributed by atoms with E-state index in [4.69, 9.17) is 9.72 Å². The van der Waals surface area contributed by atoms with Crippen molar-refractivity contribution < 1.29 is 4.74 Å². The third-order valence-electron chi connectivity index (χ3n) is 5.61. The molecule has 0 bridgehead atoms. The number of hydrogen-bond donors (Lipinski definition) is 0. The number of aromatic nitrogens is 1. The van der Waals surface area contributed by atoms with E-state index in [9.17, 15) is 0 Å². The maximum atomic E-state index is 6.27. The molecule has 4 nitrogen and oxygen atoms in total. The van der Waals surface area contributed by atoms with Crippen LogP contribution in [0, 0.1) is 0 Å². The summed E-state index contributed by atoms with van der Waals surface area (Å²) in [5.41, 5.74) is 1.27. The molecule has 1 aliphatic carbocycles. The first-order valence-electron chi connectivity index (χ1n) is 9.43. The molecule has 4 rings (SSSR count). The van der Waals surface area contributed by atoms with Gasteiger partial charge in [0.1, 0.15) is 6.10 Å². The Morgan fingerprint density at radius 3 is 2.78 bits per heavy atom. The molecule has 0 radical (unpaired) electrons. The van der Waals surface area contributed by atoms with E-state index < -0.39 is 0 Å². The molecule has 1 unspecified atom stereocenters. The van der Waals surface area contributed by atoms with E-state index in [1.165, 1.54) is 75.2 Å². The number of thiazole rings is 1. The van der Waals surface area contributed by atoms with Crippen LogP contribution in [-0.4, -0.2) is 46.6 Å². The van der Waals surface area contributed by atoms with Gasteiger partial charge in [-0.05, 0) is 51.6 Å². The minimum Gasteiger partial charge on any atom is -0.467 e. The van der Waals surface area contributed by atoms with Gasteiger partial charge in [-0.3, -0.25) is 4.90 Å². The Hall–Kier alpha value is -0.650. The van der Waals surface area contributed by atoms with E-state index >= 15 is 0 Å². The van der Waals surface area contributed by atoms with E-state index in [2.05, 4.69) is 16.7 Å². The lowest BCUT2D eigenvalue weighted by atomic mass is 9.91. The summed E-state index contributed by atoms with van der Waals surface area (Å²) in [6.45, 7) is 8.00. The van der Waals surface area contributed by atoms with Crippen LogP contribution in [-0.2, 0) is 13.1 Å². The quantitative estimate of drug-likeness (QED) is 0.821. The Balaban J connectivity index is 1.30. The summed E-state index contributed by atoms with van der Waals surface area (Å²) in [4.78, 5) is 11.4. The van der Waals surface area contributed by atoms with Crippen LogP contribution >= 0.6 is 11.3 Å². The minimum atomic E-state index is 0.373. The molecule has 5 heteroatoms. The van der Waals surface area contributed by atoms with Crippen molar-refractivity contribution in [1.29, 1.82) is 0 Å². The fourth-order valence-corrected chi connectivity index (χ4v) is 5.09. The van der Waals surface area contributed by atoms with Crippen molar-refractivity contribution in [3.63, 3.8) is 0 Å². The van der Waals surface area contributed by atoms with Gasteiger partial charge in [-0.1, -0.05) is 24.7 Å². The van der Waals surface area contributed by atoms with Crippen LogP contribution < -0.4 is 4.74 Å². The van der Waals surface area contributed by atoms with Crippen LogP contribution in [0.3, 0.4) is 0 Å². The molecule has 0 aromatic carbocycles. The Morgan fingerprint density at radius 2 is 2.04 bits per heavy atom. The van der Waals surface area contributed by atoms with E-state index in [1.54, 1.807) is 11.3 Å². The second-order valence-electron chi connectivity index (χ2n) is 7.35. The summed E-state index contributed by atoms with van der Waals surface area (Å²) in [7, 11) is 0. The van der Waals surface area contributed by atoms with Crippen LogP contribution in [0.25, 0.3) is 0 Å². The topological polar surface area (TPSA) is 28.6 Å². The zero-order chi connectivity index (χ0) is 15.6. The first-order chi connectivity index (χ1) is 11.3. The second kappa shape index (κ2) is 7.08. The number of fused-ring (bicyclic) bond motifs is 1. The molecule has 23 heavy (non-hydrogen) atoms. The van der Waals surface area contributed by atoms with Crippen LogP contribution in [0.5, 0.6) is 5.19 Å². The van der Waals surface area contributed by atoms with Gasteiger partial charge in [0.2, 0.25) is 0 Å². The SMILES string of the molecule is CCCN1Cc2nc(OC3CCCN(C4CCC4)CC3)sc2C1. The van der Waals surface area contributed by atoms with Crippen LogP contribution in [0.4, 0.5) is 0 Å². The molecule has 128 valence electrons. The van der Waals surface area contributed by atoms with Crippen molar-refractivity contribution in [2.24, 2.45) is 0 Å². The van der Waals surface area contributed by atoms with Gasteiger partial charge < -0.3 is 9.64 Å². The average molecular weight is 336 g/mol. The monoisotopic (exact) mass is 335 g/mol. The fraction of sp³-hybridized carbons (Fsp3) is 0.833. The predicted molar refractivity (Wildman–Crippen MR) is 94.0 cm³/mol. The first-order valence-corrected chi connectivity index (χ1v) is 10.2. The summed E-state index contributed by atoms with van der Waals surface area (Å²) >= 11 is 1.79. The highest BCUT2D eigenvalue weighted by molar-refractivity contribution is 7.13. The molecular weight excluding hydrogens is 306 g/mol. The summed E-state index contributed by atoms with van der Waals surface area (Å²) < 4.78 is 6.27. The largest absolute Gasteiger partial charge is 0.467 e. The van der Waals surface area contributed by atoms with Crippen molar-refractivity contribution in [1.82, 2.24) is 14.8 Å². The Morgan fingerprint density at radius 1 is 1.13 bits per heavy atom. The van der Waals surface area contributed by atoms with Crippen molar-refractivity contribution in [2.45, 2.75) is 77.1 Å².